The first-order chi connectivity index (χ1) is 15.5. The molecule has 174 valence electrons. The molecule has 0 bridgehead atoms. The van der Waals surface area contributed by atoms with Crippen molar-refractivity contribution in [2.45, 2.75) is 38.0 Å². The Morgan fingerprint density at radius 1 is 1.15 bits per heavy atom. The largest absolute Gasteiger partial charge is 0.474 e. The van der Waals surface area contributed by atoms with Crippen LogP contribution in [0, 0.1) is 11.6 Å². The molecule has 0 aliphatic heterocycles. The van der Waals surface area contributed by atoms with E-state index in [-0.39, 0.29) is 33.8 Å². The Morgan fingerprint density at radius 3 is 2.36 bits per heavy atom. The highest BCUT2D eigenvalue weighted by atomic mass is 32.2. The summed E-state index contributed by atoms with van der Waals surface area (Å²) in [5, 5.41) is 9.10. The van der Waals surface area contributed by atoms with Gasteiger partial charge in [0.1, 0.15) is 17.4 Å². The van der Waals surface area contributed by atoms with E-state index in [0.29, 0.717) is 18.5 Å². The number of nitrogens with zero attached hydrogens (tertiary/aromatic N) is 1. The van der Waals surface area contributed by atoms with Crippen molar-refractivity contribution in [2.24, 2.45) is 0 Å². The predicted molar refractivity (Wildman–Crippen MR) is 113 cm³/mol. The van der Waals surface area contributed by atoms with Gasteiger partial charge in [0.15, 0.2) is 0 Å². The summed E-state index contributed by atoms with van der Waals surface area (Å²) in [6.07, 6.45) is 0.600. The van der Waals surface area contributed by atoms with Gasteiger partial charge in [-0.15, -0.1) is 0 Å². The van der Waals surface area contributed by atoms with Gasteiger partial charge in [0.05, 0.1) is 10.6 Å². The third kappa shape index (κ3) is 5.25. The van der Waals surface area contributed by atoms with Crippen molar-refractivity contribution < 1.29 is 36.3 Å². The van der Waals surface area contributed by atoms with Crippen LogP contribution >= 0.6 is 0 Å². The predicted octanol–water partition coefficient (Wildman–Crippen LogP) is 3.69. The van der Waals surface area contributed by atoms with Crippen molar-refractivity contribution in [3.8, 4) is 11.1 Å². The molecule has 0 aliphatic rings. The number of aromatic nitrogens is 1. The van der Waals surface area contributed by atoms with Crippen LogP contribution < -0.4 is 4.72 Å². The summed E-state index contributed by atoms with van der Waals surface area (Å²) in [5.41, 5.74) is -0.151. The fourth-order valence-electron chi connectivity index (χ4n) is 3.32. The number of carbonyl (C=O) groups excluding carboxylic acids is 1. The maximum atomic E-state index is 15.0. The minimum atomic E-state index is -4.26. The molecule has 11 heteroatoms. The zero-order valence-electron chi connectivity index (χ0n) is 17.7. The van der Waals surface area contributed by atoms with Gasteiger partial charge in [0, 0.05) is 24.5 Å². The van der Waals surface area contributed by atoms with Crippen LogP contribution in [0.15, 0.2) is 45.7 Å². The van der Waals surface area contributed by atoms with E-state index < -0.39 is 39.4 Å². The molecule has 2 N–H and O–H groups in total. The number of nitrogens with one attached hydrogen (secondary N) is 1. The first-order valence-corrected chi connectivity index (χ1v) is 11.3. The molecule has 3 rings (SSSR count). The second-order valence-electron chi connectivity index (χ2n) is 7.20. The highest BCUT2D eigenvalue weighted by molar-refractivity contribution is 7.90. The maximum Gasteiger partial charge on any atom is 0.392 e. The van der Waals surface area contributed by atoms with E-state index in [1.54, 1.807) is 0 Å². The highest BCUT2D eigenvalue weighted by Gasteiger charge is 2.24. The zero-order valence-corrected chi connectivity index (χ0v) is 18.5. The van der Waals surface area contributed by atoms with E-state index >= 15 is 0 Å². The summed E-state index contributed by atoms with van der Waals surface area (Å²) < 4.78 is 61.9. The van der Waals surface area contributed by atoms with Crippen LogP contribution in [0.25, 0.3) is 11.1 Å². The van der Waals surface area contributed by atoms with Crippen LogP contribution in [0.1, 0.15) is 48.0 Å². The molecule has 0 saturated heterocycles. The molecule has 0 aliphatic carbocycles. The second-order valence-corrected chi connectivity index (χ2v) is 8.85. The van der Waals surface area contributed by atoms with E-state index in [2.05, 4.69) is 4.98 Å². The van der Waals surface area contributed by atoms with Crippen molar-refractivity contribution in [1.82, 2.24) is 9.71 Å². The molecule has 0 unspecified atom stereocenters. The number of carbonyl (C=O) groups is 2. The van der Waals surface area contributed by atoms with Crippen LogP contribution in [0.3, 0.4) is 0 Å². The summed E-state index contributed by atoms with van der Waals surface area (Å²) in [6, 6.07) is 7.41. The molecule has 1 heterocycles. The Balaban J connectivity index is 2.05. The average Bonchev–Trinajstić information content (AvgIpc) is 3.13. The van der Waals surface area contributed by atoms with E-state index in [4.69, 9.17) is 9.52 Å². The molecular formula is C22H20F2N2O6S. The van der Waals surface area contributed by atoms with Gasteiger partial charge in [-0.25, -0.2) is 31.7 Å². The van der Waals surface area contributed by atoms with Gasteiger partial charge in [-0.1, -0.05) is 31.5 Å². The van der Waals surface area contributed by atoms with Crippen molar-refractivity contribution in [1.29, 1.82) is 0 Å². The van der Waals surface area contributed by atoms with Crippen molar-refractivity contribution >= 4 is 21.9 Å². The number of aryl methyl sites for hydroxylation is 1. The van der Waals surface area contributed by atoms with Crippen LogP contribution in [0.5, 0.6) is 0 Å². The standard InChI is InChI=1S/C22H20F2N2O6S/c1-3-6-18-19(32-21(25-18)22(28)29)11-15-16(23)9-13(10-17(15)24)14-7-4-5-8-20(14)33(30,31)26-12(2)27/h4-5,7-10H,3,6,11H2,1-2H3,(H,26,27)(H,28,29). The lowest BCUT2D eigenvalue weighted by atomic mass is 10.00. The van der Waals surface area contributed by atoms with Crippen LogP contribution in [0.4, 0.5) is 8.78 Å². The van der Waals surface area contributed by atoms with Crippen LogP contribution in [-0.2, 0) is 27.7 Å². The normalized spacial score (nSPS) is 11.4. The van der Waals surface area contributed by atoms with E-state index in [1.807, 2.05) is 11.6 Å². The Hall–Kier alpha value is -3.60. The Bertz CT molecular complexity index is 1310. The first-order valence-electron chi connectivity index (χ1n) is 9.86. The average molecular weight is 478 g/mol. The number of sulfonamides is 1. The molecule has 1 amide bonds. The summed E-state index contributed by atoms with van der Waals surface area (Å²) in [4.78, 5) is 26.0. The summed E-state index contributed by atoms with van der Waals surface area (Å²) in [5.74, 6) is -4.70. The molecule has 33 heavy (non-hydrogen) atoms. The summed E-state index contributed by atoms with van der Waals surface area (Å²) in [6.45, 7) is 2.86. The molecule has 8 nitrogen and oxygen atoms in total. The maximum absolute atomic E-state index is 15.0. The van der Waals surface area contributed by atoms with Gasteiger partial charge in [-0.2, -0.15) is 0 Å². The summed E-state index contributed by atoms with van der Waals surface area (Å²) >= 11 is 0. The lowest BCUT2D eigenvalue weighted by molar-refractivity contribution is -0.117. The molecule has 2 aromatic carbocycles. The minimum absolute atomic E-state index is 0.00454. The van der Waals surface area contributed by atoms with Crippen molar-refractivity contribution in [3.63, 3.8) is 0 Å². The molecule has 0 saturated carbocycles. The fraction of sp³-hybridized carbons (Fsp3) is 0.227. The topological polar surface area (TPSA) is 127 Å². The van der Waals surface area contributed by atoms with Gasteiger partial charge in [0.25, 0.3) is 10.0 Å². The number of benzene rings is 2. The van der Waals surface area contributed by atoms with Crippen LogP contribution in [-0.4, -0.2) is 30.4 Å². The molecule has 0 radical (unpaired) electrons. The number of amides is 1. The SMILES string of the molecule is CCCc1nc(C(=O)O)oc1Cc1c(F)cc(-c2ccccc2S(=O)(=O)NC(C)=O)cc1F. The minimum Gasteiger partial charge on any atom is -0.474 e. The number of aromatic carboxylic acids is 1. The van der Waals surface area contributed by atoms with Crippen LogP contribution in [0.2, 0.25) is 0 Å². The van der Waals surface area contributed by atoms with Gasteiger partial charge in [-0.3, -0.25) is 4.79 Å². The third-order valence-corrected chi connectivity index (χ3v) is 6.18. The smallest absolute Gasteiger partial charge is 0.392 e. The van der Waals surface area contributed by atoms with Gasteiger partial charge >= 0.3 is 11.9 Å². The number of oxazole rings is 1. The van der Waals surface area contributed by atoms with Gasteiger partial charge in [0.2, 0.25) is 5.91 Å². The molecule has 3 aromatic rings. The van der Waals surface area contributed by atoms with Gasteiger partial charge < -0.3 is 9.52 Å². The monoisotopic (exact) mass is 478 g/mol. The Morgan fingerprint density at radius 2 is 1.79 bits per heavy atom. The molecular weight excluding hydrogens is 458 g/mol. The fourth-order valence-corrected chi connectivity index (χ4v) is 4.54. The zero-order chi connectivity index (χ0) is 24.3. The number of carboxylic acids is 1. The number of hydrogen-bond acceptors (Lipinski definition) is 6. The lowest BCUT2D eigenvalue weighted by Crippen LogP contribution is -2.28. The van der Waals surface area contributed by atoms with Gasteiger partial charge in [-0.05, 0) is 30.2 Å². The number of hydrogen-bond donors (Lipinski definition) is 2. The number of rotatable bonds is 8. The third-order valence-electron chi connectivity index (χ3n) is 4.69. The number of carboxylic acid groups (broad SMARTS) is 1. The number of halogens is 2. The van der Waals surface area contributed by atoms with Crippen molar-refractivity contribution in [2.75, 3.05) is 0 Å². The van der Waals surface area contributed by atoms with Crippen molar-refractivity contribution in [3.05, 3.63) is 70.9 Å². The Kier molecular flexibility index (Phi) is 6.92. The first kappa shape index (κ1) is 24.1. The molecule has 0 spiro atoms. The molecule has 1 aromatic heterocycles. The molecule has 0 atom stereocenters. The Labute approximate surface area is 188 Å². The lowest BCUT2D eigenvalue weighted by Gasteiger charge is -2.13. The quantitative estimate of drug-likeness (QED) is 0.506. The van der Waals surface area contributed by atoms with E-state index in [9.17, 15) is 26.8 Å². The summed E-state index contributed by atoms with van der Waals surface area (Å²) in [7, 11) is -4.26. The van der Waals surface area contributed by atoms with E-state index in [1.165, 1.54) is 24.3 Å². The highest BCUT2D eigenvalue weighted by Crippen LogP contribution is 2.31. The second kappa shape index (κ2) is 9.49. The van der Waals surface area contributed by atoms with E-state index in [0.717, 1.165) is 19.1 Å². The molecule has 0 fully saturated rings.